The zero-order valence-electron chi connectivity index (χ0n) is 14.8. The summed E-state index contributed by atoms with van der Waals surface area (Å²) >= 11 is 0. The Bertz CT molecular complexity index is 979. The molecule has 0 aliphatic carbocycles. The topological polar surface area (TPSA) is 50.3 Å². The van der Waals surface area contributed by atoms with E-state index in [9.17, 15) is 13.2 Å². The minimum Gasteiger partial charge on any atom is -0.378 e. The van der Waals surface area contributed by atoms with Gasteiger partial charge in [-0.25, -0.2) is 18.2 Å². The second-order valence-corrected chi connectivity index (χ2v) is 6.25. The highest BCUT2D eigenvalue weighted by atomic mass is 19.2. The Kier molecular flexibility index (Phi) is 5.12. The molecule has 0 saturated carbocycles. The minimum absolute atomic E-state index is 0.0905. The summed E-state index contributed by atoms with van der Waals surface area (Å²) in [5, 5.41) is 2.67. The van der Waals surface area contributed by atoms with Gasteiger partial charge < -0.3 is 15.0 Å². The van der Waals surface area contributed by atoms with Gasteiger partial charge in [0, 0.05) is 24.7 Å². The molecule has 1 saturated heterocycles. The Morgan fingerprint density at radius 2 is 1.64 bits per heavy atom. The highest BCUT2D eigenvalue weighted by molar-refractivity contribution is 5.66. The average Bonchev–Trinajstić information content (AvgIpc) is 2.75. The molecule has 0 radical (unpaired) electrons. The minimum atomic E-state index is -1.54. The first-order valence-electron chi connectivity index (χ1n) is 8.79. The lowest BCUT2D eigenvalue weighted by Crippen LogP contribution is -2.36. The van der Waals surface area contributed by atoms with E-state index in [0.29, 0.717) is 37.8 Å². The third-order valence-electron chi connectivity index (χ3n) is 4.40. The van der Waals surface area contributed by atoms with Gasteiger partial charge in [-0.15, -0.1) is 0 Å². The Hall–Kier alpha value is -3.13. The van der Waals surface area contributed by atoms with Crippen molar-refractivity contribution in [2.75, 3.05) is 36.5 Å². The maximum absolute atomic E-state index is 14.1. The molecule has 0 unspecified atom stereocenters. The van der Waals surface area contributed by atoms with Crippen LogP contribution in [0.2, 0.25) is 0 Å². The molecule has 1 N–H and O–H groups in total. The molecule has 0 spiro atoms. The second kappa shape index (κ2) is 7.85. The van der Waals surface area contributed by atoms with Crippen molar-refractivity contribution in [3.63, 3.8) is 0 Å². The third-order valence-corrected chi connectivity index (χ3v) is 4.40. The van der Waals surface area contributed by atoms with Crippen LogP contribution in [-0.4, -0.2) is 36.3 Å². The van der Waals surface area contributed by atoms with Crippen LogP contribution in [0.4, 0.5) is 30.6 Å². The summed E-state index contributed by atoms with van der Waals surface area (Å²) in [6, 6.07) is 13.3. The molecule has 1 fully saturated rings. The van der Waals surface area contributed by atoms with E-state index < -0.39 is 17.5 Å². The normalized spacial score (nSPS) is 14.2. The highest BCUT2D eigenvalue weighted by Crippen LogP contribution is 2.27. The lowest BCUT2D eigenvalue weighted by Gasteiger charge is -2.28. The maximum Gasteiger partial charge on any atom is 0.229 e. The number of anilines is 3. The highest BCUT2D eigenvalue weighted by Gasteiger charge is 2.18. The predicted molar refractivity (Wildman–Crippen MR) is 100 cm³/mol. The molecule has 0 amide bonds. The second-order valence-electron chi connectivity index (χ2n) is 6.25. The van der Waals surface area contributed by atoms with Crippen LogP contribution < -0.4 is 10.2 Å². The van der Waals surface area contributed by atoms with Crippen LogP contribution in [0.15, 0.2) is 48.5 Å². The molecule has 28 heavy (non-hydrogen) atoms. The first-order chi connectivity index (χ1) is 13.6. The summed E-state index contributed by atoms with van der Waals surface area (Å²) < 4.78 is 46.2. The summed E-state index contributed by atoms with van der Waals surface area (Å²) in [5.41, 5.74) is 1.24. The SMILES string of the molecule is Fc1ccc(Nc2nc(-c3ccccc3)cc(N3CCOCC3)n2)c(F)c1F. The lowest BCUT2D eigenvalue weighted by molar-refractivity contribution is 0.122. The van der Waals surface area contributed by atoms with E-state index in [-0.39, 0.29) is 11.6 Å². The van der Waals surface area contributed by atoms with Gasteiger partial charge in [-0.2, -0.15) is 4.98 Å². The third kappa shape index (κ3) is 3.77. The molecular formula is C20H17F3N4O. The van der Waals surface area contributed by atoms with Crippen molar-refractivity contribution in [1.29, 1.82) is 0 Å². The summed E-state index contributed by atoms with van der Waals surface area (Å²) in [7, 11) is 0. The van der Waals surface area contributed by atoms with Crippen molar-refractivity contribution < 1.29 is 17.9 Å². The van der Waals surface area contributed by atoms with E-state index in [4.69, 9.17) is 4.74 Å². The van der Waals surface area contributed by atoms with Crippen molar-refractivity contribution in [3.05, 3.63) is 66.0 Å². The van der Waals surface area contributed by atoms with Gasteiger partial charge in [-0.05, 0) is 12.1 Å². The number of hydrogen-bond acceptors (Lipinski definition) is 5. The summed E-state index contributed by atoms with van der Waals surface area (Å²) in [6.07, 6.45) is 0. The molecule has 3 aromatic rings. The number of nitrogens with one attached hydrogen (secondary N) is 1. The van der Waals surface area contributed by atoms with Crippen molar-refractivity contribution in [2.24, 2.45) is 0 Å². The van der Waals surface area contributed by atoms with Crippen molar-refractivity contribution >= 4 is 17.5 Å². The Labute approximate surface area is 159 Å². The van der Waals surface area contributed by atoms with Gasteiger partial charge in [-0.1, -0.05) is 30.3 Å². The maximum atomic E-state index is 14.1. The average molecular weight is 386 g/mol. The molecule has 1 aliphatic heterocycles. The summed E-state index contributed by atoms with van der Waals surface area (Å²) in [5.74, 6) is -3.38. The fourth-order valence-corrected chi connectivity index (χ4v) is 2.94. The van der Waals surface area contributed by atoms with Gasteiger partial charge in [-0.3, -0.25) is 0 Å². The van der Waals surface area contributed by atoms with Crippen molar-refractivity contribution in [3.8, 4) is 11.3 Å². The van der Waals surface area contributed by atoms with Crippen LogP contribution in [0, 0.1) is 17.5 Å². The fraction of sp³-hybridized carbons (Fsp3) is 0.200. The van der Waals surface area contributed by atoms with Crippen LogP contribution >= 0.6 is 0 Å². The molecule has 1 aliphatic rings. The number of morpholine rings is 1. The van der Waals surface area contributed by atoms with Crippen LogP contribution in [0.5, 0.6) is 0 Å². The monoisotopic (exact) mass is 386 g/mol. The van der Waals surface area contributed by atoms with Gasteiger partial charge in [0.1, 0.15) is 5.82 Å². The van der Waals surface area contributed by atoms with Crippen molar-refractivity contribution in [1.82, 2.24) is 9.97 Å². The van der Waals surface area contributed by atoms with Crippen LogP contribution in [0.1, 0.15) is 0 Å². The van der Waals surface area contributed by atoms with E-state index in [0.717, 1.165) is 17.7 Å². The molecule has 2 aromatic carbocycles. The lowest BCUT2D eigenvalue weighted by atomic mass is 10.1. The molecule has 5 nitrogen and oxygen atoms in total. The smallest absolute Gasteiger partial charge is 0.229 e. The van der Waals surface area contributed by atoms with E-state index in [1.54, 1.807) is 0 Å². The predicted octanol–water partition coefficient (Wildman–Crippen LogP) is 4.14. The zero-order valence-corrected chi connectivity index (χ0v) is 14.8. The van der Waals surface area contributed by atoms with Crippen LogP contribution in [0.3, 0.4) is 0 Å². The summed E-state index contributed by atoms with van der Waals surface area (Å²) in [6.45, 7) is 2.46. The zero-order chi connectivity index (χ0) is 19.5. The molecular weight excluding hydrogens is 369 g/mol. The number of halogens is 3. The summed E-state index contributed by atoms with van der Waals surface area (Å²) in [4.78, 5) is 10.9. The first kappa shape index (κ1) is 18.2. The van der Waals surface area contributed by atoms with Gasteiger partial charge in [0.2, 0.25) is 5.95 Å². The number of hydrogen-bond donors (Lipinski definition) is 1. The number of nitrogens with zero attached hydrogens (tertiary/aromatic N) is 3. The van der Waals surface area contributed by atoms with E-state index in [1.807, 2.05) is 41.3 Å². The number of aromatic nitrogens is 2. The Morgan fingerprint density at radius 1 is 0.893 bits per heavy atom. The fourth-order valence-electron chi connectivity index (χ4n) is 2.94. The Morgan fingerprint density at radius 3 is 2.39 bits per heavy atom. The van der Waals surface area contributed by atoms with Gasteiger partial charge >= 0.3 is 0 Å². The number of rotatable bonds is 4. The largest absolute Gasteiger partial charge is 0.378 e. The van der Waals surface area contributed by atoms with Crippen LogP contribution in [0.25, 0.3) is 11.3 Å². The molecule has 8 heteroatoms. The van der Waals surface area contributed by atoms with Crippen molar-refractivity contribution in [2.45, 2.75) is 0 Å². The number of ether oxygens (including phenoxy) is 1. The standard InChI is InChI=1S/C20H17F3N4O/c21-14-6-7-15(19(23)18(14)22)24-20-25-16(13-4-2-1-3-5-13)12-17(26-20)27-8-10-28-11-9-27/h1-7,12H,8-11H2,(H,24,25,26). The van der Waals surface area contributed by atoms with E-state index >= 15 is 0 Å². The first-order valence-corrected chi connectivity index (χ1v) is 8.79. The van der Waals surface area contributed by atoms with E-state index in [1.165, 1.54) is 0 Å². The Balaban J connectivity index is 1.74. The molecule has 1 aromatic heterocycles. The molecule has 4 rings (SSSR count). The van der Waals surface area contributed by atoms with Gasteiger partial charge in [0.05, 0.1) is 24.6 Å². The molecule has 2 heterocycles. The van der Waals surface area contributed by atoms with Crippen LogP contribution in [-0.2, 0) is 4.74 Å². The molecule has 144 valence electrons. The molecule has 0 atom stereocenters. The molecule has 0 bridgehead atoms. The van der Waals surface area contributed by atoms with Gasteiger partial charge in [0.25, 0.3) is 0 Å². The van der Waals surface area contributed by atoms with Gasteiger partial charge in [0.15, 0.2) is 17.5 Å². The van der Waals surface area contributed by atoms with E-state index in [2.05, 4.69) is 15.3 Å². The number of benzene rings is 2. The quantitative estimate of drug-likeness (QED) is 0.683.